The molecule has 0 radical (unpaired) electrons. The number of fused-ring (bicyclic) bond motifs is 3. The van der Waals surface area contributed by atoms with Gasteiger partial charge in [-0.1, -0.05) is 82.1 Å². The van der Waals surface area contributed by atoms with Crippen LogP contribution in [0.5, 0.6) is 0 Å². The van der Waals surface area contributed by atoms with Gasteiger partial charge in [-0.05, 0) is 44.7 Å². The molecule has 0 unspecified atom stereocenters. The van der Waals surface area contributed by atoms with Crippen molar-refractivity contribution in [3.63, 3.8) is 0 Å². The first kappa shape index (κ1) is 18.4. The molecule has 3 aromatic rings. The van der Waals surface area contributed by atoms with Gasteiger partial charge >= 0.3 is 0 Å². The SMILES string of the molecule is CCc1cc(-c2cccc3c2[Si](C)(C)c2ccccc2-3)ncc1[Si](C)(C)C. The highest BCUT2D eigenvalue weighted by Gasteiger charge is 2.39. The minimum absolute atomic E-state index is 1.07. The Hall–Kier alpha value is -1.98. The number of hydrogen-bond donors (Lipinski definition) is 0. The molecule has 0 spiro atoms. The highest BCUT2D eigenvalue weighted by molar-refractivity contribution is 7.04. The summed E-state index contributed by atoms with van der Waals surface area (Å²) in [6.45, 7) is 14.5. The van der Waals surface area contributed by atoms with E-state index in [0.29, 0.717) is 0 Å². The number of aromatic nitrogens is 1. The summed E-state index contributed by atoms with van der Waals surface area (Å²) in [7, 11) is -3.10. The Bertz CT molecular complexity index is 1030. The van der Waals surface area contributed by atoms with Gasteiger partial charge in [0.05, 0.1) is 13.8 Å². The summed E-state index contributed by atoms with van der Waals surface area (Å²) >= 11 is 0. The third-order valence-corrected chi connectivity index (χ3v) is 11.7. The van der Waals surface area contributed by atoms with E-state index in [-0.39, 0.29) is 0 Å². The van der Waals surface area contributed by atoms with Crippen LogP contribution >= 0.6 is 0 Å². The number of benzene rings is 2. The molecular formula is C24H29NSi2. The zero-order valence-corrected chi connectivity index (χ0v) is 19.4. The maximum absolute atomic E-state index is 4.99. The second kappa shape index (κ2) is 6.28. The van der Waals surface area contributed by atoms with Gasteiger partial charge in [0.1, 0.15) is 8.07 Å². The van der Waals surface area contributed by atoms with Gasteiger partial charge < -0.3 is 0 Å². The standard InChI is InChI=1S/C24H29NSi2/c1-7-17-15-21(25-16-23(17)26(2,3)4)20-13-10-12-19-18-11-8-9-14-22(18)27(5,6)24(19)20/h8-16H,7H2,1-6H3. The molecule has 2 aromatic carbocycles. The quantitative estimate of drug-likeness (QED) is 0.596. The van der Waals surface area contributed by atoms with Crippen LogP contribution in [0.4, 0.5) is 0 Å². The maximum Gasteiger partial charge on any atom is 0.114 e. The molecule has 4 rings (SSSR count). The Morgan fingerprint density at radius 3 is 2.26 bits per heavy atom. The molecule has 1 aliphatic heterocycles. The van der Waals surface area contributed by atoms with E-state index in [1.807, 2.05) is 0 Å². The van der Waals surface area contributed by atoms with E-state index >= 15 is 0 Å². The highest BCUT2D eigenvalue weighted by atomic mass is 28.3. The van der Waals surface area contributed by atoms with Crippen LogP contribution in [0.2, 0.25) is 32.7 Å². The fourth-order valence-corrected chi connectivity index (χ4v) is 9.79. The number of rotatable bonds is 3. The Balaban J connectivity index is 1.94. The van der Waals surface area contributed by atoms with E-state index in [9.17, 15) is 0 Å². The molecule has 0 fully saturated rings. The maximum atomic E-state index is 4.99. The second-order valence-electron chi connectivity index (χ2n) is 9.23. The topological polar surface area (TPSA) is 12.9 Å². The Morgan fingerprint density at radius 2 is 1.56 bits per heavy atom. The zero-order valence-electron chi connectivity index (χ0n) is 17.4. The molecule has 0 bridgehead atoms. The van der Waals surface area contributed by atoms with Crippen LogP contribution in [-0.4, -0.2) is 21.1 Å². The summed E-state index contributed by atoms with van der Waals surface area (Å²) < 4.78 is 0. The molecule has 1 aliphatic rings. The summed E-state index contributed by atoms with van der Waals surface area (Å²) in [4.78, 5) is 4.99. The predicted molar refractivity (Wildman–Crippen MR) is 124 cm³/mol. The van der Waals surface area contributed by atoms with E-state index in [1.165, 1.54) is 27.4 Å². The average Bonchev–Trinajstić information content (AvgIpc) is 2.89. The molecule has 0 N–H and O–H groups in total. The van der Waals surface area contributed by atoms with Gasteiger partial charge in [-0.25, -0.2) is 0 Å². The monoisotopic (exact) mass is 387 g/mol. The number of hydrogen-bond acceptors (Lipinski definition) is 1. The van der Waals surface area contributed by atoms with Gasteiger partial charge in [0, 0.05) is 11.8 Å². The molecule has 2 heterocycles. The lowest BCUT2D eigenvalue weighted by Crippen LogP contribution is -2.50. The molecule has 0 saturated heterocycles. The Morgan fingerprint density at radius 1 is 0.889 bits per heavy atom. The molecule has 0 amide bonds. The van der Waals surface area contributed by atoms with Crippen LogP contribution in [0.15, 0.2) is 54.7 Å². The van der Waals surface area contributed by atoms with E-state index in [0.717, 1.165) is 12.1 Å². The number of pyridine rings is 1. The van der Waals surface area contributed by atoms with Crippen LogP contribution in [0.1, 0.15) is 12.5 Å². The molecule has 3 heteroatoms. The van der Waals surface area contributed by atoms with Crippen molar-refractivity contribution in [1.82, 2.24) is 4.98 Å². The van der Waals surface area contributed by atoms with Gasteiger partial charge in [0.2, 0.25) is 0 Å². The lowest BCUT2D eigenvalue weighted by molar-refractivity contribution is 1.13. The summed E-state index contributed by atoms with van der Waals surface area (Å²) in [6.07, 6.45) is 3.25. The van der Waals surface area contributed by atoms with Gasteiger partial charge in [-0.2, -0.15) is 0 Å². The van der Waals surface area contributed by atoms with Crippen LogP contribution in [0.3, 0.4) is 0 Å². The van der Waals surface area contributed by atoms with Crippen LogP contribution in [0, 0.1) is 0 Å². The van der Waals surface area contributed by atoms with Crippen molar-refractivity contribution in [2.75, 3.05) is 0 Å². The zero-order chi connectivity index (χ0) is 19.4. The third kappa shape index (κ3) is 2.84. The largest absolute Gasteiger partial charge is 0.256 e. The first-order chi connectivity index (χ1) is 12.7. The molecule has 1 aromatic heterocycles. The minimum atomic E-state index is -1.72. The van der Waals surface area contributed by atoms with Gasteiger partial charge in [-0.15, -0.1) is 0 Å². The van der Waals surface area contributed by atoms with Crippen LogP contribution in [0.25, 0.3) is 22.4 Å². The van der Waals surface area contributed by atoms with E-state index in [1.54, 1.807) is 10.4 Å². The first-order valence-corrected chi connectivity index (χ1v) is 16.5. The number of nitrogens with zero attached hydrogens (tertiary/aromatic N) is 1. The van der Waals surface area contributed by atoms with Gasteiger partial charge in [0.15, 0.2) is 0 Å². The Labute approximate surface area is 165 Å². The third-order valence-electron chi connectivity index (χ3n) is 6.03. The van der Waals surface area contributed by atoms with E-state index in [2.05, 4.69) is 94.4 Å². The molecule has 1 nitrogen and oxygen atoms in total. The van der Waals surface area contributed by atoms with Crippen molar-refractivity contribution < 1.29 is 0 Å². The molecule has 27 heavy (non-hydrogen) atoms. The van der Waals surface area contributed by atoms with Gasteiger partial charge in [-0.3, -0.25) is 4.98 Å². The van der Waals surface area contributed by atoms with Crippen LogP contribution < -0.4 is 15.6 Å². The summed E-state index contributed by atoms with van der Waals surface area (Å²) in [5, 5.41) is 4.62. The molecule has 138 valence electrons. The van der Waals surface area contributed by atoms with Crippen molar-refractivity contribution >= 4 is 31.7 Å². The predicted octanol–water partition coefficient (Wildman–Crippen LogP) is 4.66. The second-order valence-corrected chi connectivity index (χ2v) is 18.6. The summed E-state index contributed by atoms with van der Waals surface area (Å²) in [6, 6.07) is 18.2. The highest BCUT2D eigenvalue weighted by Crippen LogP contribution is 2.32. The Kier molecular flexibility index (Phi) is 4.28. The summed E-state index contributed by atoms with van der Waals surface area (Å²) in [5.41, 5.74) is 6.83. The molecular weight excluding hydrogens is 358 g/mol. The minimum Gasteiger partial charge on any atom is -0.256 e. The van der Waals surface area contributed by atoms with Crippen molar-refractivity contribution in [2.24, 2.45) is 0 Å². The fraction of sp³-hybridized carbons (Fsp3) is 0.292. The van der Waals surface area contributed by atoms with Gasteiger partial charge in [0.25, 0.3) is 0 Å². The van der Waals surface area contributed by atoms with Crippen LogP contribution in [-0.2, 0) is 6.42 Å². The van der Waals surface area contributed by atoms with Crippen molar-refractivity contribution in [1.29, 1.82) is 0 Å². The van der Waals surface area contributed by atoms with Crippen molar-refractivity contribution in [3.05, 3.63) is 60.3 Å². The van der Waals surface area contributed by atoms with Crippen molar-refractivity contribution in [2.45, 2.75) is 46.1 Å². The molecule has 0 atom stereocenters. The van der Waals surface area contributed by atoms with Crippen molar-refractivity contribution in [3.8, 4) is 22.4 Å². The lowest BCUT2D eigenvalue weighted by Gasteiger charge is -2.24. The molecule has 0 aliphatic carbocycles. The molecule has 0 saturated carbocycles. The lowest BCUT2D eigenvalue weighted by atomic mass is 10.0. The number of aryl methyl sites for hydroxylation is 1. The normalized spacial score (nSPS) is 14.7. The first-order valence-electron chi connectivity index (χ1n) is 9.98. The average molecular weight is 388 g/mol. The fourth-order valence-electron chi connectivity index (χ4n) is 4.67. The smallest absolute Gasteiger partial charge is 0.114 e. The van der Waals surface area contributed by atoms with E-state index in [4.69, 9.17) is 4.98 Å². The summed E-state index contributed by atoms with van der Waals surface area (Å²) in [5.74, 6) is 0. The van der Waals surface area contributed by atoms with E-state index < -0.39 is 16.1 Å².